The number of nitrogens with one attached hydrogen (secondary N) is 1. The third kappa shape index (κ3) is 7.43. The Labute approximate surface area is 113 Å². The van der Waals surface area contributed by atoms with Crippen LogP contribution in [0.1, 0.15) is 52.4 Å². The van der Waals surface area contributed by atoms with Crippen molar-refractivity contribution in [1.82, 2.24) is 5.32 Å². The van der Waals surface area contributed by atoms with Crippen LogP contribution in [0.25, 0.3) is 0 Å². The Kier molecular flexibility index (Phi) is 8.57. The SMILES string of the molecule is CCCCC(CC)C(=O)NC(CCC(N)=O)C(=O)O. The minimum atomic E-state index is -1.14. The number of hydrogen-bond donors (Lipinski definition) is 3. The fourth-order valence-electron chi connectivity index (χ4n) is 1.80. The number of amides is 2. The first-order valence-electron chi connectivity index (χ1n) is 6.73. The van der Waals surface area contributed by atoms with E-state index in [2.05, 4.69) is 5.32 Å². The first-order valence-corrected chi connectivity index (χ1v) is 6.73. The summed E-state index contributed by atoms with van der Waals surface area (Å²) >= 11 is 0. The molecule has 0 fully saturated rings. The van der Waals surface area contributed by atoms with E-state index < -0.39 is 17.9 Å². The van der Waals surface area contributed by atoms with Crippen LogP contribution in [0.4, 0.5) is 0 Å². The van der Waals surface area contributed by atoms with Crippen molar-refractivity contribution in [2.45, 2.75) is 58.4 Å². The summed E-state index contributed by atoms with van der Waals surface area (Å²) in [7, 11) is 0. The van der Waals surface area contributed by atoms with E-state index in [1.165, 1.54) is 0 Å². The van der Waals surface area contributed by atoms with E-state index in [9.17, 15) is 14.4 Å². The van der Waals surface area contributed by atoms with Gasteiger partial charge in [0.25, 0.3) is 0 Å². The molecular formula is C13H24N2O4. The molecule has 2 unspecified atom stereocenters. The smallest absolute Gasteiger partial charge is 0.326 e. The van der Waals surface area contributed by atoms with Crippen molar-refractivity contribution < 1.29 is 19.5 Å². The van der Waals surface area contributed by atoms with Crippen LogP contribution in [0.15, 0.2) is 0 Å². The Morgan fingerprint density at radius 3 is 2.26 bits per heavy atom. The van der Waals surface area contributed by atoms with Crippen molar-refractivity contribution in [1.29, 1.82) is 0 Å². The highest BCUT2D eigenvalue weighted by Crippen LogP contribution is 2.13. The Morgan fingerprint density at radius 2 is 1.84 bits per heavy atom. The van der Waals surface area contributed by atoms with Crippen LogP contribution in [-0.4, -0.2) is 28.9 Å². The molecule has 0 heterocycles. The molecule has 0 aromatic carbocycles. The van der Waals surface area contributed by atoms with Gasteiger partial charge in [0.15, 0.2) is 0 Å². The van der Waals surface area contributed by atoms with Crippen molar-refractivity contribution in [3.8, 4) is 0 Å². The van der Waals surface area contributed by atoms with Crippen LogP contribution in [0.2, 0.25) is 0 Å². The van der Waals surface area contributed by atoms with Crippen molar-refractivity contribution in [2.24, 2.45) is 11.7 Å². The summed E-state index contributed by atoms with van der Waals surface area (Å²) in [6.07, 6.45) is 3.33. The summed E-state index contributed by atoms with van der Waals surface area (Å²) in [6.45, 7) is 3.94. The lowest BCUT2D eigenvalue weighted by Gasteiger charge is -2.19. The maximum Gasteiger partial charge on any atom is 0.326 e. The summed E-state index contributed by atoms with van der Waals surface area (Å²) in [4.78, 5) is 33.6. The predicted molar refractivity (Wildman–Crippen MR) is 71.3 cm³/mol. The normalized spacial score (nSPS) is 13.6. The summed E-state index contributed by atoms with van der Waals surface area (Å²) in [6, 6.07) is -1.05. The van der Waals surface area contributed by atoms with Crippen LogP contribution < -0.4 is 11.1 Å². The van der Waals surface area contributed by atoms with Crippen LogP contribution in [-0.2, 0) is 14.4 Å². The molecule has 0 aliphatic rings. The molecule has 0 aromatic rings. The lowest BCUT2D eigenvalue weighted by molar-refractivity contribution is -0.142. The van der Waals surface area contributed by atoms with Gasteiger partial charge in [-0.25, -0.2) is 4.79 Å². The summed E-state index contributed by atoms with van der Waals surface area (Å²) in [5.41, 5.74) is 4.98. The number of aliphatic carboxylic acids is 1. The maximum absolute atomic E-state index is 11.9. The number of carboxylic acids is 1. The molecule has 0 rings (SSSR count). The minimum Gasteiger partial charge on any atom is -0.480 e. The Bertz CT molecular complexity index is 318. The molecule has 0 aromatic heterocycles. The highest BCUT2D eigenvalue weighted by atomic mass is 16.4. The molecule has 6 heteroatoms. The molecule has 2 atom stereocenters. The van der Waals surface area contributed by atoms with E-state index in [1.807, 2.05) is 13.8 Å². The molecule has 2 amide bonds. The number of carbonyl (C=O) groups is 3. The number of carbonyl (C=O) groups excluding carboxylic acids is 2. The second-order valence-corrected chi connectivity index (χ2v) is 4.65. The average Bonchev–Trinajstić information content (AvgIpc) is 2.34. The quantitative estimate of drug-likeness (QED) is 0.552. The number of nitrogens with two attached hydrogens (primary N) is 1. The van der Waals surface area contributed by atoms with Crippen molar-refractivity contribution >= 4 is 17.8 Å². The topological polar surface area (TPSA) is 109 Å². The zero-order chi connectivity index (χ0) is 14.8. The van der Waals surface area contributed by atoms with Crippen LogP contribution in [0.3, 0.4) is 0 Å². The minimum absolute atomic E-state index is 0.0284. The third-order valence-corrected chi connectivity index (χ3v) is 3.06. The molecule has 0 aliphatic heterocycles. The second kappa shape index (κ2) is 9.35. The van der Waals surface area contributed by atoms with Gasteiger partial charge in [-0.05, 0) is 19.3 Å². The summed E-state index contributed by atoms with van der Waals surface area (Å²) < 4.78 is 0. The highest BCUT2D eigenvalue weighted by Gasteiger charge is 2.24. The molecule has 0 saturated heterocycles. The molecule has 4 N–H and O–H groups in total. The van der Waals surface area contributed by atoms with Crippen LogP contribution in [0.5, 0.6) is 0 Å². The number of primary amides is 1. The lowest BCUT2D eigenvalue weighted by atomic mass is 9.97. The monoisotopic (exact) mass is 272 g/mol. The highest BCUT2D eigenvalue weighted by molar-refractivity contribution is 5.85. The number of carboxylic acid groups (broad SMARTS) is 1. The predicted octanol–water partition coefficient (Wildman–Crippen LogP) is 1.04. The zero-order valence-corrected chi connectivity index (χ0v) is 11.6. The van der Waals surface area contributed by atoms with Gasteiger partial charge in [0.1, 0.15) is 6.04 Å². The second-order valence-electron chi connectivity index (χ2n) is 4.65. The Morgan fingerprint density at radius 1 is 1.21 bits per heavy atom. The Balaban J connectivity index is 4.42. The largest absolute Gasteiger partial charge is 0.480 e. The first-order chi connectivity index (χ1) is 8.92. The molecule has 0 bridgehead atoms. The van der Waals surface area contributed by atoms with Gasteiger partial charge >= 0.3 is 5.97 Å². The molecular weight excluding hydrogens is 248 g/mol. The number of hydrogen-bond acceptors (Lipinski definition) is 3. The van der Waals surface area contributed by atoms with Crippen molar-refractivity contribution in [3.63, 3.8) is 0 Å². The fourth-order valence-corrected chi connectivity index (χ4v) is 1.80. The van der Waals surface area contributed by atoms with Gasteiger partial charge in [-0.2, -0.15) is 0 Å². The van der Waals surface area contributed by atoms with Gasteiger partial charge in [0, 0.05) is 12.3 Å². The van der Waals surface area contributed by atoms with Crippen molar-refractivity contribution in [3.05, 3.63) is 0 Å². The van der Waals surface area contributed by atoms with Gasteiger partial charge in [-0.15, -0.1) is 0 Å². The van der Waals surface area contributed by atoms with Gasteiger partial charge in [-0.3, -0.25) is 9.59 Å². The van der Waals surface area contributed by atoms with E-state index in [4.69, 9.17) is 10.8 Å². The third-order valence-electron chi connectivity index (χ3n) is 3.06. The zero-order valence-electron chi connectivity index (χ0n) is 11.6. The molecule has 0 spiro atoms. The van der Waals surface area contributed by atoms with E-state index in [0.29, 0.717) is 6.42 Å². The molecule has 0 aliphatic carbocycles. The lowest BCUT2D eigenvalue weighted by Crippen LogP contribution is -2.44. The molecule has 6 nitrogen and oxygen atoms in total. The first kappa shape index (κ1) is 17.4. The van der Waals surface area contributed by atoms with E-state index in [-0.39, 0.29) is 24.7 Å². The van der Waals surface area contributed by atoms with E-state index in [0.717, 1.165) is 19.3 Å². The van der Waals surface area contributed by atoms with E-state index in [1.54, 1.807) is 0 Å². The number of rotatable bonds is 10. The molecule has 0 saturated carbocycles. The maximum atomic E-state index is 11.9. The summed E-state index contributed by atoms with van der Waals surface area (Å²) in [5, 5.41) is 11.5. The van der Waals surface area contributed by atoms with Gasteiger partial charge in [-0.1, -0.05) is 26.7 Å². The van der Waals surface area contributed by atoms with Gasteiger partial charge < -0.3 is 16.2 Å². The molecule has 0 radical (unpaired) electrons. The van der Waals surface area contributed by atoms with E-state index >= 15 is 0 Å². The van der Waals surface area contributed by atoms with Gasteiger partial charge in [0.05, 0.1) is 0 Å². The summed E-state index contributed by atoms with van der Waals surface area (Å²) in [5.74, 6) is -2.14. The number of unbranched alkanes of at least 4 members (excludes halogenated alkanes) is 1. The van der Waals surface area contributed by atoms with Crippen LogP contribution in [0, 0.1) is 5.92 Å². The Hall–Kier alpha value is -1.59. The van der Waals surface area contributed by atoms with Gasteiger partial charge in [0.2, 0.25) is 11.8 Å². The molecule has 19 heavy (non-hydrogen) atoms. The van der Waals surface area contributed by atoms with Crippen molar-refractivity contribution in [2.75, 3.05) is 0 Å². The van der Waals surface area contributed by atoms with Crippen LogP contribution >= 0.6 is 0 Å². The molecule has 110 valence electrons. The average molecular weight is 272 g/mol. The standard InChI is InChI=1S/C13H24N2O4/c1-3-5-6-9(4-2)12(17)15-10(13(18)19)7-8-11(14)16/h9-10H,3-8H2,1-2H3,(H2,14,16)(H,15,17)(H,18,19). The fraction of sp³-hybridized carbons (Fsp3) is 0.769.